The van der Waals surface area contributed by atoms with Gasteiger partial charge in [-0.25, -0.2) is 18.0 Å². The summed E-state index contributed by atoms with van der Waals surface area (Å²) in [7, 11) is 0. The van der Waals surface area contributed by atoms with E-state index in [4.69, 9.17) is 11.5 Å². The third-order valence-electron chi connectivity index (χ3n) is 4.09. The molecule has 3 rings (SSSR count). The largest absolute Gasteiger partial charge is 0.477 e. The first-order valence-corrected chi connectivity index (χ1v) is 7.25. The molecule has 0 saturated carbocycles. The minimum Gasteiger partial charge on any atom is -0.477 e. The number of nitrogens with zero attached hydrogens (tertiary/aromatic N) is 1. The number of carboxylic acids is 1. The van der Waals surface area contributed by atoms with Gasteiger partial charge in [-0.15, -0.1) is 0 Å². The van der Waals surface area contributed by atoms with E-state index >= 15 is 0 Å². The molecule has 0 radical (unpaired) electrons. The Morgan fingerprint density at radius 2 is 1.73 bits per heavy atom. The summed E-state index contributed by atoms with van der Waals surface area (Å²) in [6, 6.07) is 2.25. The standard InChI is InChI=1S/C17H12F3N3O3/c1-6-14(22)11(20)2-7-15(6)23(5-8(16(7)24)17(25)26)13-4-12(21)9(18)3-10(13)19/h2-5H,21-22H2,1H3,(H,25,26). The van der Waals surface area contributed by atoms with E-state index in [1.54, 1.807) is 0 Å². The summed E-state index contributed by atoms with van der Waals surface area (Å²) in [5, 5.41) is 8.94. The first-order chi connectivity index (χ1) is 12.1. The lowest BCUT2D eigenvalue weighted by Gasteiger charge is -2.17. The van der Waals surface area contributed by atoms with E-state index in [9.17, 15) is 27.9 Å². The summed E-state index contributed by atoms with van der Waals surface area (Å²) >= 11 is 0. The topological polar surface area (TPSA) is 111 Å². The molecule has 26 heavy (non-hydrogen) atoms. The molecule has 0 amide bonds. The molecule has 5 N–H and O–H groups in total. The minimum absolute atomic E-state index is 0.0104. The first kappa shape index (κ1) is 17.3. The predicted octanol–water partition coefficient (Wildman–Crippen LogP) is 2.58. The Kier molecular flexibility index (Phi) is 3.87. The fraction of sp³-hybridized carbons (Fsp3) is 0.0588. The maximum Gasteiger partial charge on any atom is 0.341 e. The van der Waals surface area contributed by atoms with Gasteiger partial charge in [-0.05, 0) is 24.6 Å². The number of benzene rings is 2. The molecule has 1 aromatic heterocycles. The van der Waals surface area contributed by atoms with Crippen LogP contribution in [0.5, 0.6) is 0 Å². The molecule has 0 aliphatic carbocycles. The van der Waals surface area contributed by atoms with Crippen LogP contribution in [0.25, 0.3) is 16.6 Å². The number of hydrogen-bond acceptors (Lipinski definition) is 4. The number of hydrogen-bond donors (Lipinski definition) is 3. The number of pyridine rings is 1. The van der Waals surface area contributed by atoms with E-state index in [-0.39, 0.29) is 27.8 Å². The fourth-order valence-electron chi connectivity index (χ4n) is 2.74. The summed E-state index contributed by atoms with van der Waals surface area (Å²) < 4.78 is 42.8. The van der Waals surface area contributed by atoms with Gasteiger partial charge in [-0.1, -0.05) is 0 Å². The van der Waals surface area contributed by atoms with Crippen LogP contribution in [0.1, 0.15) is 15.9 Å². The van der Waals surface area contributed by atoms with Crippen LogP contribution in [-0.4, -0.2) is 15.6 Å². The molecule has 2 aromatic carbocycles. The summed E-state index contributed by atoms with van der Waals surface area (Å²) in [6.45, 7) is 1.39. The summed E-state index contributed by atoms with van der Waals surface area (Å²) in [5.41, 5.74) is 8.54. The molecule has 0 unspecified atom stereocenters. The second-order valence-corrected chi connectivity index (χ2v) is 5.67. The number of aromatic nitrogens is 1. The van der Waals surface area contributed by atoms with Crippen molar-refractivity contribution < 1.29 is 23.1 Å². The number of aromatic carboxylic acids is 1. The molecule has 0 aliphatic rings. The van der Waals surface area contributed by atoms with Crippen molar-refractivity contribution >= 4 is 28.2 Å². The average molecular weight is 363 g/mol. The fourth-order valence-corrected chi connectivity index (χ4v) is 2.74. The molecule has 0 spiro atoms. The number of nitrogens with two attached hydrogens (primary N) is 2. The van der Waals surface area contributed by atoms with Crippen molar-refractivity contribution in [3.05, 3.63) is 63.2 Å². The zero-order valence-corrected chi connectivity index (χ0v) is 13.3. The molecular formula is C17H12F3N3O3. The lowest BCUT2D eigenvalue weighted by molar-refractivity contribution is 0.0695. The van der Waals surface area contributed by atoms with Crippen LogP contribution in [0.15, 0.2) is 29.2 Å². The van der Waals surface area contributed by atoms with Gasteiger partial charge in [0.1, 0.15) is 23.0 Å². The van der Waals surface area contributed by atoms with Crippen LogP contribution in [-0.2, 0) is 0 Å². The predicted molar refractivity (Wildman–Crippen MR) is 89.9 cm³/mol. The van der Waals surface area contributed by atoms with Crippen LogP contribution >= 0.6 is 0 Å². The van der Waals surface area contributed by atoms with E-state index in [1.807, 2.05) is 0 Å². The Balaban J connectivity index is 2.59. The lowest BCUT2D eigenvalue weighted by atomic mass is 10.0. The van der Waals surface area contributed by atoms with E-state index in [2.05, 4.69) is 0 Å². The van der Waals surface area contributed by atoms with E-state index < -0.39 is 40.1 Å². The van der Waals surface area contributed by atoms with Crippen LogP contribution in [0.2, 0.25) is 0 Å². The van der Waals surface area contributed by atoms with Gasteiger partial charge in [0.2, 0.25) is 5.43 Å². The number of carboxylic acid groups (broad SMARTS) is 1. The van der Waals surface area contributed by atoms with Crippen molar-refractivity contribution in [2.45, 2.75) is 6.92 Å². The zero-order valence-electron chi connectivity index (χ0n) is 13.3. The Morgan fingerprint density at radius 1 is 1.08 bits per heavy atom. The summed E-state index contributed by atoms with van der Waals surface area (Å²) in [4.78, 5) is 23.8. The van der Waals surface area contributed by atoms with Crippen LogP contribution < -0.4 is 16.9 Å². The maximum atomic E-state index is 14.3. The molecule has 0 atom stereocenters. The molecule has 1 heterocycles. The number of carbonyl (C=O) groups is 1. The zero-order chi connectivity index (χ0) is 19.3. The Hall–Kier alpha value is -3.49. The van der Waals surface area contributed by atoms with Gasteiger partial charge >= 0.3 is 5.97 Å². The molecule has 0 saturated heterocycles. The highest BCUT2D eigenvalue weighted by atomic mass is 19.1. The Labute approximate surface area is 144 Å². The maximum absolute atomic E-state index is 14.3. The minimum atomic E-state index is -1.59. The van der Waals surface area contributed by atoms with Crippen LogP contribution in [0.3, 0.4) is 0 Å². The van der Waals surface area contributed by atoms with Crippen molar-refractivity contribution in [3.63, 3.8) is 0 Å². The highest BCUT2D eigenvalue weighted by molar-refractivity contribution is 5.95. The van der Waals surface area contributed by atoms with Crippen molar-refractivity contribution in [1.82, 2.24) is 4.57 Å². The van der Waals surface area contributed by atoms with Gasteiger partial charge in [0.05, 0.1) is 28.0 Å². The van der Waals surface area contributed by atoms with Gasteiger partial charge in [0.15, 0.2) is 0 Å². The molecular weight excluding hydrogens is 351 g/mol. The van der Waals surface area contributed by atoms with Crippen molar-refractivity contribution in [2.75, 3.05) is 11.5 Å². The number of rotatable bonds is 2. The smallest absolute Gasteiger partial charge is 0.341 e. The molecule has 9 heteroatoms. The molecule has 0 bridgehead atoms. The number of aryl methyl sites for hydroxylation is 1. The molecule has 0 aliphatic heterocycles. The molecule has 6 nitrogen and oxygen atoms in total. The van der Waals surface area contributed by atoms with Crippen LogP contribution in [0.4, 0.5) is 24.5 Å². The Morgan fingerprint density at radius 3 is 2.35 bits per heavy atom. The van der Waals surface area contributed by atoms with Crippen LogP contribution in [0, 0.1) is 24.4 Å². The highest BCUT2D eigenvalue weighted by Gasteiger charge is 2.21. The normalized spacial score (nSPS) is 11.1. The highest BCUT2D eigenvalue weighted by Crippen LogP contribution is 2.29. The molecule has 0 fully saturated rings. The Bertz CT molecular complexity index is 1160. The number of halogens is 3. The van der Waals surface area contributed by atoms with Gasteiger partial charge in [-0.2, -0.15) is 0 Å². The van der Waals surface area contributed by atoms with Gasteiger partial charge in [0, 0.05) is 12.3 Å². The first-order valence-electron chi connectivity index (χ1n) is 7.25. The third kappa shape index (κ3) is 2.44. The van der Waals surface area contributed by atoms with Gasteiger partial charge in [0.25, 0.3) is 0 Å². The van der Waals surface area contributed by atoms with Gasteiger partial charge in [-0.3, -0.25) is 4.79 Å². The SMILES string of the molecule is Cc1c(N)c(F)cc2c(=O)c(C(=O)O)cn(-c3cc(N)c(F)cc3F)c12. The second kappa shape index (κ2) is 5.80. The number of anilines is 2. The van der Waals surface area contributed by atoms with E-state index in [0.29, 0.717) is 6.07 Å². The number of nitrogen functional groups attached to an aromatic ring is 2. The monoisotopic (exact) mass is 363 g/mol. The van der Waals surface area contributed by atoms with Crippen molar-refractivity contribution in [3.8, 4) is 5.69 Å². The summed E-state index contributed by atoms with van der Waals surface area (Å²) in [6.07, 6.45) is 0.868. The van der Waals surface area contributed by atoms with E-state index in [1.165, 1.54) is 6.92 Å². The third-order valence-corrected chi connectivity index (χ3v) is 4.09. The van der Waals surface area contributed by atoms with Crippen molar-refractivity contribution in [1.29, 1.82) is 0 Å². The van der Waals surface area contributed by atoms with E-state index in [0.717, 1.165) is 22.9 Å². The van der Waals surface area contributed by atoms with Gasteiger partial charge < -0.3 is 21.1 Å². The van der Waals surface area contributed by atoms with Crippen molar-refractivity contribution in [2.24, 2.45) is 0 Å². The lowest BCUT2D eigenvalue weighted by Crippen LogP contribution is -2.20. The molecule has 3 aromatic rings. The quantitative estimate of drug-likeness (QED) is 0.606. The average Bonchev–Trinajstić information content (AvgIpc) is 2.57. The second-order valence-electron chi connectivity index (χ2n) is 5.67. The molecule has 134 valence electrons. The summed E-state index contributed by atoms with van der Waals surface area (Å²) in [5.74, 6) is -4.56. The number of fused-ring (bicyclic) bond motifs is 1.